The van der Waals surface area contributed by atoms with E-state index in [1.807, 2.05) is 13.8 Å². The van der Waals surface area contributed by atoms with Crippen molar-refractivity contribution in [3.8, 4) is 5.75 Å². The van der Waals surface area contributed by atoms with E-state index in [4.69, 9.17) is 11.5 Å². The molecule has 2 rings (SSSR count). The Morgan fingerprint density at radius 3 is 1.61 bits per heavy atom. The standard InChI is InChI=1S/C47H78N10O13/c1-9-27(8)35(49)42(64)55-36(24(2)3)43(65)51-31(21-28-15-17-29(60)18-16-28)40(62)50-30(13-10-11-19-48)39(61)52-32(22-58)46(68)57-20-12-14-34(57)41(63)54-38(26(6)7)45(67)56-37(25(4)5)44(66)53-33(23-59)47(69)70/h15-18,24-27,30-38,58-60H,9-14,19-23,48-49H2,1-8H3,(H,50,62)(H,51,65)(H,52,61)(H,53,66)(H,54,63)(H,55,64)(H,56,67)(H,69,70)/t27-,30-,31-,32-,33-,34-,35-,36-,37-,38-/m0/s1. The number of aliphatic carboxylic acids is 1. The van der Waals surface area contributed by atoms with Crippen molar-refractivity contribution in [2.24, 2.45) is 35.1 Å². The first-order valence-corrected chi connectivity index (χ1v) is 24.0. The minimum Gasteiger partial charge on any atom is -0.508 e. The fourth-order valence-corrected chi connectivity index (χ4v) is 7.64. The summed E-state index contributed by atoms with van der Waals surface area (Å²) in [6.07, 6.45) is 1.82. The first kappa shape index (κ1) is 60.2. The van der Waals surface area contributed by atoms with E-state index in [0.29, 0.717) is 31.2 Å². The number of rotatable bonds is 29. The molecule has 15 N–H and O–H groups in total. The van der Waals surface area contributed by atoms with E-state index in [-0.39, 0.29) is 44.0 Å². The van der Waals surface area contributed by atoms with Gasteiger partial charge in [-0.3, -0.25) is 38.4 Å². The first-order valence-electron chi connectivity index (χ1n) is 24.0. The predicted octanol–water partition coefficient (Wildman–Crippen LogP) is -2.14. The summed E-state index contributed by atoms with van der Waals surface area (Å²) in [6, 6.07) is -5.61. The van der Waals surface area contributed by atoms with Gasteiger partial charge in [-0.25, -0.2) is 4.79 Å². The van der Waals surface area contributed by atoms with Crippen LogP contribution in [0.15, 0.2) is 24.3 Å². The van der Waals surface area contributed by atoms with Crippen molar-refractivity contribution < 1.29 is 63.6 Å². The molecule has 0 saturated carbocycles. The molecule has 0 spiro atoms. The number of hydrogen-bond acceptors (Lipinski definition) is 14. The molecule has 0 bridgehead atoms. The van der Waals surface area contributed by atoms with Gasteiger partial charge < -0.3 is 74.0 Å². The van der Waals surface area contributed by atoms with Gasteiger partial charge in [0.05, 0.1) is 19.3 Å². The second-order valence-electron chi connectivity index (χ2n) is 18.9. The summed E-state index contributed by atoms with van der Waals surface area (Å²) in [5.74, 6) is -9.36. The van der Waals surface area contributed by atoms with Crippen LogP contribution in [0.5, 0.6) is 5.75 Å². The Morgan fingerprint density at radius 2 is 1.11 bits per heavy atom. The summed E-state index contributed by atoms with van der Waals surface area (Å²) in [7, 11) is 0. The Labute approximate surface area is 409 Å². The van der Waals surface area contributed by atoms with Crippen LogP contribution in [0.25, 0.3) is 0 Å². The summed E-state index contributed by atoms with van der Waals surface area (Å²) in [5, 5.41) is 57.0. The highest BCUT2D eigenvalue weighted by atomic mass is 16.4. The molecule has 1 aliphatic heterocycles. The van der Waals surface area contributed by atoms with Gasteiger partial charge in [0, 0.05) is 13.0 Å². The van der Waals surface area contributed by atoms with Gasteiger partial charge in [0.15, 0.2) is 0 Å². The Kier molecular flexibility index (Phi) is 25.2. The molecule has 1 aromatic rings. The molecule has 23 heteroatoms. The summed E-state index contributed by atoms with van der Waals surface area (Å²) < 4.78 is 0. The summed E-state index contributed by atoms with van der Waals surface area (Å²) in [5.41, 5.74) is 12.4. The van der Waals surface area contributed by atoms with E-state index in [0.717, 1.165) is 0 Å². The number of carbonyl (C=O) groups excluding carboxylic acids is 8. The van der Waals surface area contributed by atoms with Crippen LogP contribution in [-0.4, -0.2) is 159 Å². The van der Waals surface area contributed by atoms with E-state index >= 15 is 0 Å². The highest BCUT2D eigenvalue weighted by molar-refractivity contribution is 5.98. The monoisotopic (exact) mass is 991 g/mol. The SMILES string of the molecule is CC[C@H](C)[C@H](N)C(=O)N[C@H](C(=O)N[C@@H](Cc1ccc(O)cc1)C(=O)N[C@@H](CCCCN)C(=O)N[C@@H](CO)C(=O)N1CCC[C@H]1C(=O)N[C@H](C(=O)N[C@H](C(=O)N[C@@H](CO)C(=O)O)C(C)C)C(C)C)C(C)C. The summed E-state index contributed by atoms with van der Waals surface area (Å²) in [6.45, 7) is 12.1. The van der Waals surface area contributed by atoms with Crippen LogP contribution in [0.1, 0.15) is 99.5 Å². The third-order valence-corrected chi connectivity index (χ3v) is 12.3. The third kappa shape index (κ3) is 18.1. The number of phenolic OH excluding ortho intramolecular Hbond substituents is 1. The molecule has 1 aliphatic rings. The largest absolute Gasteiger partial charge is 0.508 e. The number of nitrogens with two attached hydrogens (primary N) is 2. The lowest BCUT2D eigenvalue weighted by Crippen LogP contribution is -2.62. The van der Waals surface area contributed by atoms with Gasteiger partial charge in [0.2, 0.25) is 47.3 Å². The maximum Gasteiger partial charge on any atom is 0.328 e. The molecule has 1 saturated heterocycles. The van der Waals surface area contributed by atoms with Crippen molar-refractivity contribution in [1.82, 2.24) is 42.1 Å². The van der Waals surface area contributed by atoms with E-state index < -0.39 is 139 Å². The molecule has 70 heavy (non-hydrogen) atoms. The molecule has 23 nitrogen and oxygen atoms in total. The number of aliphatic hydroxyl groups is 2. The molecule has 1 fully saturated rings. The number of unbranched alkanes of at least 4 members (excludes halogenated alkanes) is 1. The van der Waals surface area contributed by atoms with Gasteiger partial charge in [-0.1, -0.05) is 73.9 Å². The first-order chi connectivity index (χ1) is 32.9. The number of amides is 8. The molecule has 10 atom stereocenters. The van der Waals surface area contributed by atoms with Crippen LogP contribution in [0.4, 0.5) is 0 Å². The van der Waals surface area contributed by atoms with Crippen LogP contribution in [0.2, 0.25) is 0 Å². The Bertz CT molecular complexity index is 1930. The van der Waals surface area contributed by atoms with Crippen LogP contribution in [0.3, 0.4) is 0 Å². The average Bonchev–Trinajstić information content (AvgIpc) is 3.81. The number of carboxylic acid groups (broad SMARTS) is 1. The Balaban J connectivity index is 2.35. The Morgan fingerprint density at radius 1 is 0.643 bits per heavy atom. The second-order valence-corrected chi connectivity index (χ2v) is 18.9. The van der Waals surface area contributed by atoms with Crippen molar-refractivity contribution in [2.45, 2.75) is 155 Å². The molecule has 0 radical (unpaired) electrons. The van der Waals surface area contributed by atoms with Crippen molar-refractivity contribution in [2.75, 3.05) is 26.3 Å². The second kappa shape index (κ2) is 29.3. The van der Waals surface area contributed by atoms with Gasteiger partial charge in [0.25, 0.3) is 0 Å². The minimum absolute atomic E-state index is 0.0213. The van der Waals surface area contributed by atoms with E-state index in [1.165, 1.54) is 17.0 Å². The smallest absolute Gasteiger partial charge is 0.328 e. The molecule has 0 unspecified atom stereocenters. The van der Waals surface area contributed by atoms with Crippen LogP contribution >= 0.6 is 0 Å². The lowest BCUT2D eigenvalue weighted by atomic mass is 9.97. The lowest BCUT2D eigenvalue weighted by molar-refractivity contribution is -0.144. The molecule has 0 aromatic heterocycles. The van der Waals surface area contributed by atoms with Crippen molar-refractivity contribution in [3.63, 3.8) is 0 Å². The zero-order chi connectivity index (χ0) is 53.0. The van der Waals surface area contributed by atoms with Crippen LogP contribution in [-0.2, 0) is 49.6 Å². The van der Waals surface area contributed by atoms with Gasteiger partial charge in [0.1, 0.15) is 54.1 Å². The van der Waals surface area contributed by atoms with Crippen molar-refractivity contribution >= 4 is 53.2 Å². The summed E-state index contributed by atoms with van der Waals surface area (Å²) in [4.78, 5) is 122. The summed E-state index contributed by atoms with van der Waals surface area (Å²) >= 11 is 0. The van der Waals surface area contributed by atoms with Crippen LogP contribution < -0.4 is 48.7 Å². The fourth-order valence-electron chi connectivity index (χ4n) is 7.64. The van der Waals surface area contributed by atoms with Crippen LogP contribution in [0, 0.1) is 23.7 Å². The third-order valence-electron chi connectivity index (χ3n) is 12.3. The number of nitrogens with zero attached hydrogens (tertiary/aromatic N) is 1. The normalized spacial score (nSPS) is 17.5. The van der Waals surface area contributed by atoms with Gasteiger partial charge in [-0.2, -0.15) is 0 Å². The van der Waals surface area contributed by atoms with Crippen molar-refractivity contribution in [3.05, 3.63) is 29.8 Å². The fraction of sp³-hybridized carbons (Fsp3) is 0.681. The van der Waals surface area contributed by atoms with Gasteiger partial charge in [-0.15, -0.1) is 0 Å². The quantitative estimate of drug-likeness (QED) is 0.0381. The number of aliphatic hydroxyl groups excluding tert-OH is 2. The Hall–Kier alpha value is -5.91. The molecular weight excluding hydrogens is 913 g/mol. The lowest BCUT2D eigenvalue weighted by Gasteiger charge is -2.31. The number of carboxylic acids is 1. The van der Waals surface area contributed by atoms with E-state index in [1.54, 1.807) is 53.7 Å². The minimum atomic E-state index is -1.62. The molecule has 1 heterocycles. The van der Waals surface area contributed by atoms with Gasteiger partial charge >= 0.3 is 5.97 Å². The number of phenols is 1. The van der Waals surface area contributed by atoms with Crippen molar-refractivity contribution in [1.29, 1.82) is 0 Å². The number of carbonyl (C=O) groups is 9. The molecule has 0 aliphatic carbocycles. The maximum absolute atomic E-state index is 14.2. The van der Waals surface area contributed by atoms with E-state index in [9.17, 15) is 63.6 Å². The zero-order valence-electron chi connectivity index (χ0n) is 41.7. The number of likely N-dealkylation sites (tertiary alicyclic amines) is 1. The zero-order valence-corrected chi connectivity index (χ0v) is 41.7. The number of hydrogen-bond donors (Lipinski definition) is 13. The van der Waals surface area contributed by atoms with Gasteiger partial charge in [-0.05, 0) is 80.0 Å². The molecule has 394 valence electrons. The number of nitrogens with one attached hydrogen (secondary N) is 7. The molecular formula is C47H78N10O13. The highest BCUT2D eigenvalue weighted by Crippen LogP contribution is 2.20. The maximum atomic E-state index is 14.2. The average molecular weight is 991 g/mol. The molecule has 1 aromatic carbocycles. The highest BCUT2D eigenvalue weighted by Gasteiger charge is 2.41. The topological polar surface area (TPSA) is 374 Å². The van der Waals surface area contributed by atoms with E-state index in [2.05, 4.69) is 37.2 Å². The predicted molar refractivity (Wildman–Crippen MR) is 257 cm³/mol. The molecule has 8 amide bonds. The number of aromatic hydroxyl groups is 1. The number of benzene rings is 1.